The fraction of sp³-hybridized carbons (Fsp3) is 1.00. The van der Waals surface area contributed by atoms with Gasteiger partial charge in [0.05, 0.1) is 39.1 Å². The first-order chi connectivity index (χ1) is 11.1. The summed E-state index contributed by atoms with van der Waals surface area (Å²) in [4.78, 5) is 0. The van der Waals surface area contributed by atoms with Crippen molar-refractivity contribution in [3.8, 4) is 0 Å². The zero-order valence-electron chi connectivity index (χ0n) is 15.0. The van der Waals surface area contributed by atoms with Gasteiger partial charge in [0.25, 0.3) is 0 Å². The molecule has 0 aliphatic carbocycles. The summed E-state index contributed by atoms with van der Waals surface area (Å²) < 4.78 is 28.6. The van der Waals surface area contributed by atoms with Crippen molar-refractivity contribution in [2.75, 3.05) is 52.9 Å². The molecule has 0 aromatic heterocycles. The number of aliphatic hydroxyl groups excluding tert-OH is 2. The molecule has 0 rings (SSSR count). The molecule has 0 radical (unpaired) electrons. The monoisotopic (exact) mass is 354 g/mol. The molecule has 0 saturated heterocycles. The Morgan fingerprint density at radius 3 is 1.96 bits per heavy atom. The Bertz CT molecular complexity index is 260. The molecule has 7 nitrogen and oxygen atoms in total. The lowest BCUT2D eigenvalue weighted by Gasteiger charge is -2.32. The minimum atomic E-state index is -2.69. The third-order valence-electron chi connectivity index (χ3n) is 3.13. The quantitative estimate of drug-likeness (QED) is 0.318. The highest BCUT2D eigenvalue weighted by Gasteiger charge is 2.44. The van der Waals surface area contributed by atoms with E-state index < -0.39 is 8.80 Å². The fourth-order valence-corrected chi connectivity index (χ4v) is 4.53. The highest BCUT2D eigenvalue weighted by Crippen LogP contribution is 2.25. The maximum absolute atomic E-state index is 8.88. The smallest absolute Gasteiger partial charge is 0.394 e. The van der Waals surface area contributed by atoms with Gasteiger partial charge in [-0.15, -0.1) is 0 Å². The number of aliphatic hydroxyl groups is 2. The summed E-state index contributed by atoms with van der Waals surface area (Å²) in [6, 6.07) is 0. The van der Waals surface area contributed by atoms with Crippen LogP contribution >= 0.6 is 0 Å². The summed E-state index contributed by atoms with van der Waals surface area (Å²) in [5.74, 6) is 0. The minimum absolute atomic E-state index is 0.0265. The average Bonchev–Trinajstić information content (AvgIpc) is 2.52. The van der Waals surface area contributed by atoms with Gasteiger partial charge in [-0.05, 0) is 20.3 Å². The largest absolute Gasteiger partial charge is 0.503 e. The average molecular weight is 355 g/mol. The predicted octanol–water partition coefficient (Wildman–Crippen LogP) is 1.20. The molecule has 0 aliphatic rings. The van der Waals surface area contributed by atoms with E-state index in [4.69, 9.17) is 33.0 Å². The molecule has 1 atom stereocenters. The molecule has 0 spiro atoms. The molecular weight excluding hydrogens is 320 g/mol. The van der Waals surface area contributed by atoms with Crippen LogP contribution in [0.15, 0.2) is 0 Å². The van der Waals surface area contributed by atoms with E-state index in [2.05, 4.69) is 0 Å². The Labute approximate surface area is 141 Å². The van der Waals surface area contributed by atoms with E-state index in [1.165, 1.54) is 0 Å². The first-order valence-electron chi connectivity index (χ1n) is 8.39. The third kappa shape index (κ3) is 9.73. The summed E-state index contributed by atoms with van der Waals surface area (Å²) in [6.07, 6.45) is 0.406. The third-order valence-corrected chi connectivity index (χ3v) is 6.53. The fourth-order valence-electron chi connectivity index (χ4n) is 2.07. The molecule has 0 aromatic rings. The number of rotatable bonds is 16. The van der Waals surface area contributed by atoms with Crippen molar-refractivity contribution in [3.63, 3.8) is 0 Å². The van der Waals surface area contributed by atoms with Crippen molar-refractivity contribution in [2.24, 2.45) is 0 Å². The van der Waals surface area contributed by atoms with Crippen molar-refractivity contribution in [2.45, 2.75) is 45.8 Å². The van der Waals surface area contributed by atoms with Gasteiger partial charge in [0.15, 0.2) is 0 Å². The molecule has 0 bridgehead atoms. The van der Waals surface area contributed by atoms with Crippen molar-refractivity contribution in [1.29, 1.82) is 0 Å². The first kappa shape index (κ1) is 22.9. The molecule has 0 fully saturated rings. The Hall–Kier alpha value is -0.0631. The molecule has 2 N–H and O–H groups in total. The topological polar surface area (TPSA) is 86.6 Å². The molecule has 0 heterocycles. The van der Waals surface area contributed by atoms with Crippen molar-refractivity contribution < 1.29 is 33.0 Å². The molecular formula is C15H34O7Si. The molecule has 23 heavy (non-hydrogen) atoms. The van der Waals surface area contributed by atoms with E-state index in [1.54, 1.807) is 0 Å². The highest BCUT2D eigenvalue weighted by atomic mass is 28.4. The Morgan fingerprint density at radius 2 is 1.48 bits per heavy atom. The van der Waals surface area contributed by atoms with E-state index in [0.717, 1.165) is 0 Å². The standard InChI is InChI=1S/C15H34O7Si/c1-5-20-23(14(3)4,21-6-2)22-10-7-15(19-12-9-17)13-18-11-8-16/h14-17H,5-13H2,1-4H3. The van der Waals surface area contributed by atoms with Crippen LogP contribution in [0.1, 0.15) is 34.1 Å². The van der Waals surface area contributed by atoms with Crippen LogP contribution in [0, 0.1) is 0 Å². The van der Waals surface area contributed by atoms with Crippen molar-refractivity contribution in [1.82, 2.24) is 0 Å². The van der Waals surface area contributed by atoms with Crippen molar-refractivity contribution in [3.05, 3.63) is 0 Å². The van der Waals surface area contributed by atoms with Gasteiger partial charge >= 0.3 is 8.80 Å². The highest BCUT2D eigenvalue weighted by molar-refractivity contribution is 6.62. The second kappa shape index (κ2) is 14.3. The Balaban J connectivity index is 4.46. The zero-order valence-corrected chi connectivity index (χ0v) is 16.0. The number of hydrogen-bond acceptors (Lipinski definition) is 7. The molecule has 0 saturated carbocycles. The Morgan fingerprint density at radius 1 is 0.870 bits per heavy atom. The first-order valence-corrected chi connectivity index (χ1v) is 10.2. The molecule has 8 heteroatoms. The van der Waals surface area contributed by atoms with Crippen LogP contribution in [0.5, 0.6) is 0 Å². The van der Waals surface area contributed by atoms with Gasteiger partial charge in [0.2, 0.25) is 0 Å². The Kier molecular flexibility index (Phi) is 14.3. The SMILES string of the molecule is CCO[Si](OCC)(OCCC(COCCO)OCCO)C(C)C. The number of hydrogen-bond donors (Lipinski definition) is 2. The lowest BCUT2D eigenvalue weighted by atomic mass is 10.3. The second-order valence-electron chi connectivity index (χ2n) is 5.28. The van der Waals surface area contributed by atoms with Crippen LogP contribution in [0.2, 0.25) is 5.54 Å². The summed E-state index contributed by atoms with van der Waals surface area (Å²) in [7, 11) is -2.69. The lowest BCUT2D eigenvalue weighted by Crippen LogP contribution is -2.49. The lowest BCUT2D eigenvalue weighted by molar-refractivity contribution is -0.0457. The molecule has 0 aromatic carbocycles. The maximum Gasteiger partial charge on any atom is 0.503 e. The molecule has 140 valence electrons. The van der Waals surface area contributed by atoms with Crippen LogP contribution in [0.3, 0.4) is 0 Å². The van der Waals surface area contributed by atoms with Gasteiger partial charge < -0.3 is 33.0 Å². The van der Waals surface area contributed by atoms with E-state index in [-0.39, 0.29) is 38.1 Å². The van der Waals surface area contributed by atoms with Crippen LogP contribution < -0.4 is 0 Å². The van der Waals surface area contributed by atoms with Gasteiger partial charge in [-0.3, -0.25) is 0 Å². The molecule has 1 unspecified atom stereocenters. The van der Waals surface area contributed by atoms with E-state index in [1.807, 2.05) is 27.7 Å². The van der Waals surface area contributed by atoms with Gasteiger partial charge in [-0.2, -0.15) is 0 Å². The summed E-state index contributed by atoms with van der Waals surface area (Å²) in [5, 5.41) is 17.6. The summed E-state index contributed by atoms with van der Waals surface area (Å²) in [6.45, 7) is 10.3. The van der Waals surface area contributed by atoms with Gasteiger partial charge in [-0.25, -0.2) is 0 Å². The van der Waals surface area contributed by atoms with Crippen LogP contribution in [0.4, 0.5) is 0 Å². The van der Waals surface area contributed by atoms with Gasteiger partial charge in [-0.1, -0.05) is 13.8 Å². The van der Waals surface area contributed by atoms with Crippen LogP contribution in [-0.4, -0.2) is 78.0 Å². The maximum atomic E-state index is 8.88. The zero-order chi connectivity index (χ0) is 17.6. The van der Waals surface area contributed by atoms with Gasteiger partial charge in [0, 0.05) is 25.4 Å². The molecule has 0 amide bonds. The molecule has 0 aliphatic heterocycles. The van der Waals surface area contributed by atoms with Gasteiger partial charge in [0.1, 0.15) is 0 Å². The second-order valence-corrected chi connectivity index (χ2v) is 8.50. The normalized spacial score (nSPS) is 13.7. The minimum Gasteiger partial charge on any atom is -0.394 e. The predicted molar refractivity (Wildman–Crippen MR) is 89.4 cm³/mol. The van der Waals surface area contributed by atoms with E-state index >= 15 is 0 Å². The van der Waals surface area contributed by atoms with E-state index in [9.17, 15) is 0 Å². The van der Waals surface area contributed by atoms with E-state index in [0.29, 0.717) is 32.8 Å². The summed E-state index contributed by atoms with van der Waals surface area (Å²) in [5.41, 5.74) is 0.171. The van der Waals surface area contributed by atoms with Crippen LogP contribution in [-0.2, 0) is 22.8 Å². The van der Waals surface area contributed by atoms with Crippen LogP contribution in [0.25, 0.3) is 0 Å². The summed E-state index contributed by atoms with van der Waals surface area (Å²) >= 11 is 0. The van der Waals surface area contributed by atoms with Crippen molar-refractivity contribution >= 4 is 8.80 Å². The number of ether oxygens (including phenoxy) is 2.